The molecule has 3 heterocycles. The number of unbranched alkanes of at least 4 members (excludes halogenated alkanes) is 2. The molecule has 6 amide bonds. The predicted molar refractivity (Wildman–Crippen MR) is 186 cm³/mol. The molecule has 2 fully saturated rings. The monoisotopic (exact) mass is 680 g/mol. The summed E-state index contributed by atoms with van der Waals surface area (Å²) in [6.45, 7) is 6.17. The van der Waals surface area contributed by atoms with Gasteiger partial charge in [-0.05, 0) is 62.5 Å². The number of primary amides is 1. The summed E-state index contributed by atoms with van der Waals surface area (Å²) in [6, 6.07) is 3.39. The van der Waals surface area contributed by atoms with E-state index in [0.717, 1.165) is 47.9 Å². The Morgan fingerprint density at radius 1 is 1.02 bits per heavy atom. The SMILES string of the molecule is CC/C(CCCCC[C@@H]1NC(=O)[C@H](Cc2cn(OC)c3ccccc23)NC(=O)[C@H]([C@@H](C)CC)NC(=O)[C@H]2CCCCN2C1=O)=N\NC(N)=O. The number of nitrogens with zero attached hydrogens (tertiary/aromatic N) is 3. The van der Waals surface area contributed by atoms with Gasteiger partial charge in [-0.25, -0.2) is 10.2 Å². The number of amides is 6. The smallest absolute Gasteiger partial charge is 0.332 e. The van der Waals surface area contributed by atoms with Crippen molar-refractivity contribution in [2.45, 2.75) is 116 Å². The maximum absolute atomic E-state index is 14.2. The molecule has 0 saturated carbocycles. The van der Waals surface area contributed by atoms with Crippen molar-refractivity contribution in [2.75, 3.05) is 13.7 Å². The Hall–Kier alpha value is -4.62. The summed E-state index contributed by atoms with van der Waals surface area (Å²) in [7, 11) is 1.55. The standard InChI is InChI=1S/C35H52N8O6/c1-5-22(3)30-33(46)38-27(20-23-21-43(49-4)28-17-11-10-15-25(23)28)31(44)37-26(16-9-7-8-14-24(6-2)40-41-35(36)48)34(47)42-19-13-12-18-29(42)32(45)39-30/h10-11,15,17,21-22,26-27,29-30H,5-9,12-14,16,18-20H2,1-4H3,(H,37,44)(H,38,46)(H,39,45)(H3,36,41,48)/b40-24+/t22-,26-,27-,29+,30-/m0/s1. The molecule has 0 unspecified atom stereocenters. The van der Waals surface area contributed by atoms with Crippen LogP contribution in [0.3, 0.4) is 0 Å². The van der Waals surface area contributed by atoms with E-state index < -0.39 is 42.0 Å². The Balaban J connectivity index is 1.62. The van der Waals surface area contributed by atoms with Crippen LogP contribution in [0.2, 0.25) is 0 Å². The molecule has 5 atom stereocenters. The van der Waals surface area contributed by atoms with E-state index in [-0.39, 0.29) is 24.2 Å². The van der Waals surface area contributed by atoms with Crippen molar-refractivity contribution >= 4 is 46.3 Å². The minimum atomic E-state index is -1.03. The van der Waals surface area contributed by atoms with E-state index in [4.69, 9.17) is 10.6 Å². The van der Waals surface area contributed by atoms with Gasteiger partial charge in [0.05, 0.1) is 5.52 Å². The predicted octanol–water partition coefficient (Wildman–Crippen LogP) is 2.52. The fraction of sp³-hybridized carbons (Fsp3) is 0.600. The summed E-state index contributed by atoms with van der Waals surface area (Å²) >= 11 is 0. The molecule has 14 heteroatoms. The number of para-hydroxylation sites is 1. The van der Waals surface area contributed by atoms with E-state index in [0.29, 0.717) is 45.1 Å². The minimum absolute atomic E-state index is 0.140. The number of nitrogens with two attached hydrogens (primary N) is 1. The number of benzene rings is 1. The highest BCUT2D eigenvalue weighted by Gasteiger charge is 2.40. The zero-order valence-corrected chi connectivity index (χ0v) is 29.1. The lowest BCUT2D eigenvalue weighted by atomic mass is 9.94. The van der Waals surface area contributed by atoms with Gasteiger partial charge in [-0.15, -0.1) is 0 Å². The fourth-order valence-electron chi connectivity index (χ4n) is 6.67. The molecule has 14 nitrogen and oxygen atoms in total. The van der Waals surface area contributed by atoms with Crippen molar-refractivity contribution in [3.8, 4) is 0 Å². The molecule has 0 radical (unpaired) electrons. The van der Waals surface area contributed by atoms with Crippen LogP contribution in [0.5, 0.6) is 0 Å². The molecule has 0 spiro atoms. The number of carbonyl (C=O) groups excluding carboxylic acids is 5. The summed E-state index contributed by atoms with van der Waals surface area (Å²) in [4.78, 5) is 74.2. The van der Waals surface area contributed by atoms with E-state index in [1.54, 1.807) is 22.9 Å². The summed E-state index contributed by atoms with van der Waals surface area (Å²) in [5.74, 6) is -1.77. The quantitative estimate of drug-likeness (QED) is 0.123. The van der Waals surface area contributed by atoms with Gasteiger partial charge in [-0.2, -0.15) is 9.83 Å². The highest BCUT2D eigenvalue weighted by molar-refractivity contribution is 5.98. The number of hydrazone groups is 1. The van der Waals surface area contributed by atoms with Crippen LogP contribution in [0.1, 0.15) is 90.5 Å². The molecule has 0 bridgehead atoms. The van der Waals surface area contributed by atoms with Crippen molar-refractivity contribution < 1.29 is 28.8 Å². The second kappa shape index (κ2) is 17.7. The molecule has 1 aromatic heterocycles. The van der Waals surface area contributed by atoms with E-state index in [1.165, 1.54) is 0 Å². The van der Waals surface area contributed by atoms with Gasteiger partial charge in [-0.1, -0.05) is 58.2 Å². The topological polar surface area (TPSA) is 189 Å². The van der Waals surface area contributed by atoms with Crippen LogP contribution in [0.25, 0.3) is 10.9 Å². The first-order valence-electron chi connectivity index (χ1n) is 17.5. The second-order valence-corrected chi connectivity index (χ2v) is 13.0. The number of piperidine rings is 1. The maximum Gasteiger partial charge on any atom is 0.332 e. The third kappa shape index (κ3) is 9.51. The fourth-order valence-corrected chi connectivity index (χ4v) is 6.67. The summed E-state index contributed by atoms with van der Waals surface area (Å²) in [5.41, 5.74) is 9.81. The Kier molecular flexibility index (Phi) is 13.4. The molecule has 2 aliphatic rings. The summed E-state index contributed by atoms with van der Waals surface area (Å²) in [5, 5.41) is 13.8. The van der Waals surface area contributed by atoms with Gasteiger partial charge in [0.25, 0.3) is 0 Å². The highest BCUT2D eigenvalue weighted by Crippen LogP contribution is 2.24. The number of urea groups is 1. The maximum atomic E-state index is 14.2. The lowest BCUT2D eigenvalue weighted by Gasteiger charge is -2.39. The number of carbonyl (C=O) groups is 5. The van der Waals surface area contributed by atoms with Crippen LogP contribution >= 0.6 is 0 Å². The third-order valence-electron chi connectivity index (χ3n) is 9.70. The molecule has 0 aliphatic carbocycles. The van der Waals surface area contributed by atoms with E-state index in [1.807, 2.05) is 45.0 Å². The number of nitrogens with one attached hydrogen (secondary N) is 4. The lowest BCUT2D eigenvalue weighted by molar-refractivity contribution is -0.147. The van der Waals surface area contributed by atoms with Crippen LogP contribution in [0.4, 0.5) is 4.79 Å². The zero-order valence-electron chi connectivity index (χ0n) is 29.1. The molecule has 1 aromatic carbocycles. The zero-order chi connectivity index (χ0) is 35.5. The molecule has 268 valence electrons. The molecule has 4 rings (SSSR count). The Morgan fingerprint density at radius 3 is 2.49 bits per heavy atom. The number of aromatic nitrogens is 1. The van der Waals surface area contributed by atoms with Crippen LogP contribution in [0, 0.1) is 5.92 Å². The Labute approximate surface area is 287 Å². The first-order valence-corrected chi connectivity index (χ1v) is 17.5. The molecule has 49 heavy (non-hydrogen) atoms. The van der Waals surface area contributed by atoms with Crippen molar-refractivity contribution in [3.05, 3.63) is 36.0 Å². The van der Waals surface area contributed by atoms with Gasteiger partial charge in [0.1, 0.15) is 31.3 Å². The highest BCUT2D eigenvalue weighted by atomic mass is 16.6. The molecule has 2 aromatic rings. The molecular formula is C35H52N8O6. The van der Waals surface area contributed by atoms with Crippen molar-refractivity contribution in [1.82, 2.24) is 31.0 Å². The Morgan fingerprint density at radius 2 is 1.78 bits per heavy atom. The third-order valence-corrected chi connectivity index (χ3v) is 9.70. The van der Waals surface area contributed by atoms with Gasteiger partial charge in [0.2, 0.25) is 23.6 Å². The molecule has 6 N–H and O–H groups in total. The summed E-state index contributed by atoms with van der Waals surface area (Å²) in [6.07, 6.45) is 8.35. The van der Waals surface area contributed by atoms with Gasteiger partial charge >= 0.3 is 6.03 Å². The van der Waals surface area contributed by atoms with Gasteiger partial charge < -0.3 is 31.4 Å². The number of hydrogen-bond donors (Lipinski definition) is 5. The normalized spacial score (nSPS) is 23.0. The summed E-state index contributed by atoms with van der Waals surface area (Å²) < 4.78 is 1.61. The van der Waals surface area contributed by atoms with Crippen LogP contribution in [-0.2, 0) is 25.6 Å². The Bertz CT molecular complexity index is 1520. The molecule has 2 saturated heterocycles. The van der Waals surface area contributed by atoms with Crippen LogP contribution in [0.15, 0.2) is 35.6 Å². The van der Waals surface area contributed by atoms with Crippen molar-refractivity contribution in [3.63, 3.8) is 0 Å². The number of hydrogen-bond acceptors (Lipinski definition) is 7. The largest absolute Gasteiger partial charge is 0.417 e. The average Bonchev–Trinajstić information content (AvgIpc) is 3.46. The van der Waals surface area contributed by atoms with Crippen LogP contribution in [-0.4, -0.2) is 82.8 Å². The van der Waals surface area contributed by atoms with E-state index in [2.05, 4.69) is 26.5 Å². The minimum Gasteiger partial charge on any atom is -0.417 e. The molecule has 2 aliphatic heterocycles. The second-order valence-electron chi connectivity index (χ2n) is 13.0. The van der Waals surface area contributed by atoms with E-state index in [9.17, 15) is 24.0 Å². The first-order chi connectivity index (χ1) is 23.6. The van der Waals surface area contributed by atoms with Gasteiger partial charge in [0, 0.05) is 30.3 Å². The molecular weight excluding hydrogens is 628 g/mol. The van der Waals surface area contributed by atoms with Crippen LogP contribution < -0.4 is 31.9 Å². The number of rotatable bonds is 13. The average molecular weight is 681 g/mol. The van der Waals surface area contributed by atoms with Crippen molar-refractivity contribution in [1.29, 1.82) is 0 Å². The van der Waals surface area contributed by atoms with Crippen molar-refractivity contribution in [2.24, 2.45) is 16.8 Å². The number of fused-ring (bicyclic) bond motifs is 2. The first kappa shape index (κ1) is 37.2. The van der Waals surface area contributed by atoms with E-state index >= 15 is 0 Å². The van der Waals surface area contributed by atoms with Gasteiger partial charge in [0.15, 0.2) is 0 Å². The lowest BCUT2D eigenvalue weighted by Crippen LogP contribution is -2.64. The van der Waals surface area contributed by atoms with Gasteiger partial charge in [-0.3, -0.25) is 19.2 Å².